The second-order valence-corrected chi connectivity index (χ2v) is 11.6. The highest BCUT2D eigenvalue weighted by atomic mass is 16.6. The molecule has 45 heavy (non-hydrogen) atoms. The topological polar surface area (TPSA) is 125 Å². The number of benzene rings is 3. The van der Waals surface area contributed by atoms with E-state index in [9.17, 15) is 9.59 Å². The van der Waals surface area contributed by atoms with Crippen molar-refractivity contribution in [3.8, 4) is 17.2 Å². The molecule has 0 bridgehead atoms. The molecule has 1 aliphatic heterocycles. The standard InChI is InChI=1S/C35H42N2O8/c1-34(2,3)45-30(39)18-19-35(33(40)36-23-26-14-17-28(41-4)22-29(26)42-5)31(24-10-7-6-8-11-24)44-32(37-35)25-12-15-27(16-13-25)43-21-9-20-38/h6-8,10-17,22,31,38H,9,18-21,23H2,1-5H3,(H,36,40)/t31-,35-/m1/s1. The van der Waals surface area contributed by atoms with Crippen LogP contribution in [0.2, 0.25) is 0 Å². The smallest absolute Gasteiger partial charge is 0.306 e. The van der Waals surface area contributed by atoms with Crippen molar-refractivity contribution in [1.82, 2.24) is 5.32 Å². The summed E-state index contributed by atoms with van der Waals surface area (Å²) in [5.74, 6) is 1.25. The number of esters is 1. The molecule has 0 saturated heterocycles. The molecule has 3 aromatic rings. The predicted molar refractivity (Wildman–Crippen MR) is 170 cm³/mol. The summed E-state index contributed by atoms with van der Waals surface area (Å²) in [7, 11) is 3.13. The summed E-state index contributed by atoms with van der Waals surface area (Å²) in [5, 5.41) is 12.1. The number of methoxy groups -OCH3 is 2. The van der Waals surface area contributed by atoms with Crippen LogP contribution in [-0.4, -0.2) is 61.5 Å². The van der Waals surface area contributed by atoms with E-state index in [1.54, 1.807) is 71.4 Å². The van der Waals surface area contributed by atoms with E-state index in [2.05, 4.69) is 5.32 Å². The van der Waals surface area contributed by atoms with Crippen molar-refractivity contribution in [2.45, 2.75) is 63.8 Å². The molecule has 0 aromatic heterocycles. The maximum Gasteiger partial charge on any atom is 0.306 e. The van der Waals surface area contributed by atoms with Crippen LogP contribution in [-0.2, 0) is 25.6 Å². The molecular formula is C35H42N2O8. The molecule has 0 radical (unpaired) electrons. The Morgan fingerprint density at radius 3 is 2.33 bits per heavy atom. The van der Waals surface area contributed by atoms with Gasteiger partial charge in [0.05, 0.1) is 20.8 Å². The number of carbonyl (C=O) groups is 2. The van der Waals surface area contributed by atoms with Crippen LogP contribution in [0.25, 0.3) is 0 Å². The van der Waals surface area contributed by atoms with Crippen LogP contribution < -0.4 is 19.5 Å². The molecule has 2 atom stereocenters. The molecule has 10 heteroatoms. The summed E-state index contributed by atoms with van der Waals surface area (Å²) in [6.45, 7) is 5.97. The Morgan fingerprint density at radius 2 is 1.69 bits per heavy atom. The summed E-state index contributed by atoms with van der Waals surface area (Å²) >= 11 is 0. The fourth-order valence-electron chi connectivity index (χ4n) is 5.01. The summed E-state index contributed by atoms with van der Waals surface area (Å²) in [5.41, 5.74) is -0.0533. The van der Waals surface area contributed by atoms with E-state index in [0.29, 0.717) is 35.8 Å². The van der Waals surface area contributed by atoms with Gasteiger partial charge in [0.1, 0.15) is 22.8 Å². The van der Waals surface area contributed by atoms with Gasteiger partial charge in [-0.05, 0) is 69.2 Å². The highest BCUT2D eigenvalue weighted by molar-refractivity contribution is 6.01. The van der Waals surface area contributed by atoms with E-state index < -0.39 is 29.1 Å². The van der Waals surface area contributed by atoms with Gasteiger partial charge in [0.2, 0.25) is 5.90 Å². The second-order valence-electron chi connectivity index (χ2n) is 11.6. The van der Waals surface area contributed by atoms with Gasteiger partial charge in [-0.1, -0.05) is 30.3 Å². The zero-order chi connectivity index (χ0) is 32.5. The highest BCUT2D eigenvalue weighted by Gasteiger charge is 2.53. The molecule has 1 heterocycles. The first-order chi connectivity index (χ1) is 21.6. The minimum atomic E-state index is -1.50. The largest absolute Gasteiger partial charge is 0.497 e. The van der Waals surface area contributed by atoms with Gasteiger partial charge in [-0.3, -0.25) is 9.59 Å². The molecule has 0 fully saturated rings. The number of aliphatic hydroxyl groups excluding tert-OH is 1. The van der Waals surface area contributed by atoms with E-state index in [4.69, 9.17) is 33.8 Å². The van der Waals surface area contributed by atoms with Crippen LogP contribution in [0.4, 0.5) is 0 Å². The molecule has 0 aliphatic carbocycles. The Labute approximate surface area is 264 Å². The molecule has 2 N–H and O–H groups in total. The molecule has 0 unspecified atom stereocenters. The third kappa shape index (κ3) is 8.54. The van der Waals surface area contributed by atoms with E-state index in [1.165, 1.54) is 0 Å². The second kappa shape index (κ2) is 14.9. The Kier molecular flexibility index (Phi) is 11.1. The van der Waals surface area contributed by atoms with Crippen molar-refractivity contribution >= 4 is 17.8 Å². The number of nitrogens with zero attached hydrogens (tertiary/aromatic N) is 1. The normalized spacial score (nSPS) is 17.6. The Hall–Kier alpha value is -4.57. The minimum absolute atomic E-state index is 0.0406. The quantitative estimate of drug-likeness (QED) is 0.188. The lowest BCUT2D eigenvalue weighted by Gasteiger charge is -2.31. The number of nitrogens with one attached hydrogen (secondary N) is 1. The number of amides is 1. The lowest BCUT2D eigenvalue weighted by Crippen LogP contribution is -2.48. The number of aliphatic imine (C=N–C) groups is 1. The summed E-state index contributed by atoms with van der Waals surface area (Å²) in [6, 6.07) is 21.9. The monoisotopic (exact) mass is 618 g/mol. The third-order valence-electron chi connectivity index (χ3n) is 7.20. The number of ether oxygens (including phenoxy) is 5. The zero-order valence-corrected chi connectivity index (χ0v) is 26.5. The van der Waals surface area contributed by atoms with Gasteiger partial charge < -0.3 is 34.1 Å². The molecule has 0 spiro atoms. The SMILES string of the molecule is COc1ccc(CNC(=O)[C@]2(CCC(=O)OC(C)(C)C)N=C(c3ccc(OCCCO)cc3)O[C@@H]2c2ccccc2)c(OC)c1. The van der Waals surface area contributed by atoms with Gasteiger partial charge in [0.25, 0.3) is 5.91 Å². The van der Waals surface area contributed by atoms with E-state index in [1.807, 2.05) is 36.4 Å². The predicted octanol–water partition coefficient (Wildman–Crippen LogP) is 5.16. The zero-order valence-electron chi connectivity index (χ0n) is 26.5. The highest BCUT2D eigenvalue weighted by Crippen LogP contribution is 2.43. The molecule has 3 aromatic carbocycles. The summed E-state index contributed by atoms with van der Waals surface area (Å²) < 4.78 is 28.6. The number of rotatable bonds is 14. The van der Waals surface area contributed by atoms with Crippen molar-refractivity contribution in [2.75, 3.05) is 27.4 Å². The number of aliphatic hydroxyl groups is 1. The molecule has 4 rings (SSSR count). The van der Waals surface area contributed by atoms with Crippen LogP contribution in [0.1, 0.15) is 62.8 Å². The fraction of sp³-hybridized carbons (Fsp3) is 0.400. The van der Waals surface area contributed by atoms with E-state index in [-0.39, 0.29) is 31.9 Å². The van der Waals surface area contributed by atoms with Gasteiger partial charge in [-0.15, -0.1) is 0 Å². The number of hydrogen-bond acceptors (Lipinski definition) is 9. The maximum absolute atomic E-state index is 14.4. The van der Waals surface area contributed by atoms with Gasteiger partial charge in [-0.25, -0.2) is 4.99 Å². The Bertz CT molecular complexity index is 1470. The molecule has 240 valence electrons. The third-order valence-corrected chi connectivity index (χ3v) is 7.20. The lowest BCUT2D eigenvalue weighted by molar-refractivity contribution is -0.155. The Balaban J connectivity index is 1.71. The summed E-state index contributed by atoms with van der Waals surface area (Å²) in [6.07, 6.45) is -0.320. The number of carbonyl (C=O) groups excluding carboxylic acids is 2. The van der Waals surface area contributed by atoms with Crippen molar-refractivity contribution in [3.63, 3.8) is 0 Å². The van der Waals surface area contributed by atoms with Crippen molar-refractivity contribution in [3.05, 3.63) is 89.5 Å². The van der Waals surface area contributed by atoms with Crippen LogP contribution in [0.3, 0.4) is 0 Å². The van der Waals surface area contributed by atoms with Gasteiger partial charge in [-0.2, -0.15) is 0 Å². The first kappa shape index (κ1) is 33.3. The molecular weight excluding hydrogens is 576 g/mol. The van der Waals surface area contributed by atoms with Crippen LogP contribution in [0, 0.1) is 0 Å². The van der Waals surface area contributed by atoms with Crippen molar-refractivity contribution < 1.29 is 38.4 Å². The fourth-order valence-corrected chi connectivity index (χ4v) is 5.01. The molecule has 10 nitrogen and oxygen atoms in total. The van der Waals surface area contributed by atoms with Crippen molar-refractivity contribution in [1.29, 1.82) is 0 Å². The average molecular weight is 619 g/mol. The maximum atomic E-state index is 14.4. The summed E-state index contributed by atoms with van der Waals surface area (Å²) in [4.78, 5) is 32.3. The van der Waals surface area contributed by atoms with Crippen LogP contribution >= 0.6 is 0 Å². The van der Waals surface area contributed by atoms with E-state index >= 15 is 0 Å². The lowest BCUT2D eigenvalue weighted by atomic mass is 9.83. The molecule has 1 amide bonds. The number of hydrogen-bond donors (Lipinski definition) is 2. The average Bonchev–Trinajstić information content (AvgIpc) is 3.43. The van der Waals surface area contributed by atoms with Crippen molar-refractivity contribution in [2.24, 2.45) is 4.99 Å². The van der Waals surface area contributed by atoms with Gasteiger partial charge >= 0.3 is 5.97 Å². The Morgan fingerprint density at radius 1 is 0.978 bits per heavy atom. The molecule has 1 aliphatic rings. The van der Waals surface area contributed by atoms with Gasteiger partial charge in [0, 0.05) is 43.2 Å². The first-order valence-corrected chi connectivity index (χ1v) is 14.9. The minimum Gasteiger partial charge on any atom is -0.497 e. The van der Waals surface area contributed by atoms with E-state index in [0.717, 1.165) is 11.1 Å². The first-order valence-electron chi connectivity index (χ1n) is 14.9. The van der Waals surface area contributed by atoms with Gasteiger partial charge in [0.15, 0.2) is 11.6 Å². The van der Waals surface area contributed by atoms with Crippen LogP contribution in [0.15, 0.2) is 77.8 Å². The van der Waals surface area contributed by atoms with Crippen LogP contribution in [0.5, 0.6) is 17.2 Å². The molecule has 0 saturated carbocycles.